The van der Waals surface area contributed by atoms with Crippen LogP contribution in [0, 0.1) is 0 Å². The number of carbonyl (C=O) groups is 1. The fourth-order valence-corrected chi connectivity index (χ4v) is 2.53. The molecule has 3 rings (SSSR count). The van der Waals surface area contributed by atoms with Crippen LogP contribution in [0.2, 0.25) is 0 Å². The summed E-state index contributed by atoms with van der Waals surface area (Å²) in [4.78, 5) is 11.7. The molecule has 0 amide bonds. The van der Waals surface area contributed by atoms with Gasteiger partial charge < -0.3 is 5.21 Å². The minimum atomic E-state index is -0.109. The van der Waals surface area contributed by atoms with E-state index in [9.17, 15) is 4.79 Å². The smallest absolute Gasteiger partial charge is 0.211 e. The number of aryl methyl sites for hydroxylation is 2. The summed E-state index contributed by atoms with van der Waals surface area (Å²) in [5.41, 5.74) is 4.69. The molecule has 0 heterocycles. The molecule has 0 spiro atoms. The van der Waals surface area contributed by atoms with E-state index in [1.165, 1.54) is 17.5 Å². The molecular weight excluding hydrogens is 190 g/mol. The number of rotatable bonds is 0. The molecule has 0 atom stereocenters. The summed E-state index contributed by atoms with van der Waals surface area (Å²) in [6.07, 6.45) is 3.86. The maximum Gasteiger partial charge on any atom is 0.211 e. The first-order valence-corrected chi connectivity index (χ1v) is 5.20. The number of carbonyl (C=O) groups excluding carboxylic acids is 1. The number of nitrogens with zero attached hydrogens (tertiary/aromatic N) is 1. The van der Waals surface area contributed by atoms with Gasteiger partial charge in [0.25, 0.3) is 0 Å². The molecular formula is C12H11NO2. The van der Waals surface area contributed by atoms with Crippen molar-refractivity contribution in [1.29, 1.82) is 0 Å². The van der Waals surface area contributed by atoms with Gasteiger partial charge in [-0.15, -0.1) is 0 Å². The second-order valence-corrected chi connectivity index (χ2v) is 4.18. The summed E-state index contributed by atoms with van der Waals surface area (Å²) in [6, 6.07) is 4.09. The number of benzene rings is 1. The van der Waals surface area contributed by atoms with Crippen LogP contribution >= 0.6 is 0 Å². The van der Waals surface area contributed by atoms with Gasteiger partial charge in [0, 0.05) is 12.0 Å². The lowest BCUT2D eigenvalue weighted by molar-refractivity contribution is 0.106. The summed E-state index contributed by atoms with van der Waals surface area (Å²) >= 11 is 0. The Bertz CT molecular complexity index is 489. The molecule has 1 N–H and O–H groups in total. The van der Waals surface area contributed by atoms with E-state index in [0.29, 0.717) is 6.42 Å². The van der Waals surface area contributed by atoms with Crippen molar-refractivity contribution in [2.24, 2.45) is 5.16 Å². The summed E-state index contributed by atoms with van der Waals surface area (Å²) in [5.74, 6) is -0.109. The Morgan fingerprint density at radius 2 is 1.87 bits per heavy atom. The maximum atomic E-state index is 11.7. The van der Waals surface area contributed by atoms with E-state index in [0.717, 1.165) is 24.0 Å². The molecule has 15 heavy (non-hydrogen) atoms. The van der Waals surface area contributed by atoms with Gasteiger partial charge >= 0.3 is 0 Å². The normalized spacial score (nSPS) is 20.8. The first-order valence-electron chi connectivity index (χ1n) is 5.20. The van der Waals surface area contributed by atoms with Crippen LogP contribution < -0.4 is 0 Å². The van der Waals surface area contributed by atoms with Crippen LogP contribution in [0.25, 0.3) is 0 Å². The molecule has 76 valence electrons. The minimum absolute atomic E-state index is 0.109. The fraction of sp³-hybridized carbons (Fsp3) is 0.333. The standard InChI is InChI=1S/C12H11NO2/c14-12-10-5-8-3-1-2-7(8)4-9(10)6-11(12)13-15/h4-5,15H,1-3,6H2/b13-11-. The van der Waals surface area contributed by atoms with Crippen LogP contribution in [0.3, 0.4) is 0 Å². The first-order chi connectivity index (χ1) is 7.29. The lowest BCUT2D eigenvalue weighted by Crippen LogP contribution is -2.07. The van der Waals surface area contributed by atoms with Gasteiger partial charge in [0.15, 0.2) is 0 Å². The molecule has 1 aromatic rings. The Hall–Kier alpha value is -1.64. The molecule has 0 saturated carbocycles. The largest absolute Gasteiger partial charge is 0.411 e. The molecule has 2 aliphatic carbocycles. The zero-order valence-electron chi connectivity index (χ0n) is 8.29. The van der Waals surface area contributed by atoms with Gasteiger partial charge in [-0.3, -0.25) is 4.79 Å². The van der Waals surface area contributed by atoms with Crippen LogP contribution in [-0.4, -0.2) is 16.7 Å². The van der Waals surface area contributed by atoms with Crippen molar-refractivity contribution >= 4 is 11.5 Å². The van der Waals surface area contributed by atoms with Crippen LogP contribution in [-0.2, 0) is 19.3 Å². The Balaban J connectivity index is 2.17. The lowest BCUT2D eigenvalue weighted by Gasteiger charge is -2.02. The minimum Gasteiger partial charge on any atom is -0.411 e. The van der Waals surface area contributed by atoms with Crippen molar-refractivity contribution in [3.8, 4) is 0 Å². The van der Waals surface area contributed by atoms with Crippen molar-refractivity contribution in [2.75, 3.05) is 0 Å². The molecule has 0 aliphatic heterocycles. The van der Waals surface area contributed by atoms with Crippen molar-refractivity contribution in [2.45, 2.75) is 25.7 Å². The SMILES string of the molecule is O=C1/C(=N\O)Cc2cc3c(cc21)CCC3. The molecule has 0 saturated heterocycles. The number of oxime groups is 1. The van der Waals surface area contributed by atoms with Crippen LogP contribution in [0.5, 0.6) is 0 Å². The third-order valence-corrected chi connectivity index (χ3v) is 3.30. The highest BCUT2D eigenvalue weighted by Crippen LogP contribution is 2.29. The van der Waals surface area contributed by atoms with Crippen LogP contribution in [0.1, 0.15) is 33.5 Å². The molecule has 0 aromatic heterocycles. The first kappa shape index (κ1) is 8.65. The van der Waals surface area contributed by atoms with Crippen LogP contribution in [0.15, 0.2) is 17.3 Å². The number of Topliss-reactive ketones (excluding diaryl/α,β-unsaturated/α-hetero) is 1. The molecule has 3 nitrogen and oxygen atoms in total. The van der Waals surface area contributed by atoms with Crippen molar-refractivity contribution < 1.29 is 10.0 Å². The molecule has 3 heteroatoms. The van der Waals surface area contributed by atoms with Crippen molar-refractivity contribution in [3.05, 3.63) is 34.4 Å². The molecule has 1 aromatic carbocycles. The Kier molecular flexibility index (Phi) is 1.69. The van der Waals surface area contributed by atoms with Gasteiger partial charge in [0.05, 0.1) is 0 Å². The van der Waals surface area contributed by atoms with E-state index >= 15 is 0 Å². The lowest BCUT2D eigenvalue weighted by atomic mass is 10.0. The summed E-state index contributed by atoms with van der Waals surface area (Å²) < 4.78 is 0. The van der Waals surface area contributed by atoms with E-state index in [-0.39, 0.29) is 11.5 Å². The van der Waals surface area contributed by atoms with Crippen molar-refractivity contribution in [3.63, 3.8) is 0 Å². The monoisotopic (exact) mass is 201 g/mol. The Labute approximate surface area is 87.4 Å². The summed E-state index contributed by atoms with van der Waals surface area (Å²) in [6.45, 7) is 0. The predicted octanol–water partition coefficient (Wildman–Crippen LogP) is 1.74. The van der Waals surface area contributed by atoms with E-state index in [1.807, 2.05) is 6.07 Å². The maximum absolute atomic E-state index is 11.7. The quantitative estimate of drug-likeness (QED) is 0.513. The predicted molar refractivity (Wildman–Crippen MR) is 55.7 cm³/mol. The van der Waals surface area contributed by atoms with E-state index in [1.54, 1.807) is 0 Å². The van der Waals surface area contributed by atoms with Gasteiger partial charge in [0.2, 0.25) is 5.78 Å². The summed E-state index contributed by atoms with van der Waals surface area (Å²) in [5, 5.41) is 11.7. The number of ketones is 1. The Morgan fingerprint density at radius 3 is 2.60 bits per heavy atom. The number of hydrogen-bond acceptors (Lipinski definition) is 3. The number of fused-ring (bicyclic) bond motifs is 2. The average molecular weight is 201 g/mol. The third-order valence-electron chi connectivity index (χ3n) is 3.30. The molecule has 0 bridgehead atoms. The topological polar surface area (TPSA) is 49.7 Å². The highest BCUT2D eigenvalue weighted by molar-refractivity contribution is 6.49. The average Bonchev–Trinajstić information content (AvgIpc) is 2.80. The molecule has 0 unspecified atom stereocenters. The third kappa shape index (κ3) is 1.12. The van der Waals surface area contributed by atoms with E-state index in [4.69, 9.17) is 5.21 Å². The Morgan fingerprint density at radius 1 is 1.13 bits per heavy atom. The van der Waals surface area contributed by atoms with E-state index < -0.39 is 0 Å². The highest BCUT2D eigenvalue weighted by atomic mass is 16.4. The zero-order valence-corrected chi connectivity index (χ0v) is 8.29. The van der Waals surface area contributed by atoms with Gasteiger partial charge in [-0.2, -0.15) is 0 Å². The van der Waals surface area contributed by atoms with Gasteiger partial charge in [0.1, 0.15) is 5.71 Å². The second-order valence-electron chi connectivity index (χ2n) is 4.18. The molecule has 2 aliphatic rings. The van der Waals surface area contributed by atoms with Gasteiger partial charge in [-0.1, -0.05) is 11.2 Å². The zero-order chi connectivity index (χ0) is 10.4. The second kappa shape index (κ2) is 2.92. The highest BCUT2D eigenvalue weighted by Gasteiger charge is 2.29. The van der Waals surface area contributed by atoms with Gasteiger partial charge in [-0.25, -0.2) is 0 Å². The fourth-order valence-electron chi connectivity index (χ4n) is 2.53. The molecule has 0 fully saturated rings. The van der Waals surface area contributed by atoms with Crippen molar-refractivity contribution in [1.82, 2.24) is 0 Å². The number of hydrogen-bond donors (Lipinski definition) is 1. The molecule has 0 radical (unpaired) electrons. The van der Waals surface area contributed by atoms with Gasteiger partial charge in [-0.05, 0) is 42.0 Å². The summed E-state index contributed by atoms with van der Waals surface area (Å²) in [7, 11) is 0. The van der Waals surface area contributed by atoms with Crippen LogP contribution in [0.4, 0.5) is 0 Å². The van der Waals surface area contributed by atoms with E-state index in [2.05, 4.69) is 11.2 Å².